The van der Waals surface area contributed by atoms with Gasteiger partial charge in [0.1, 0.15) is 0 Å². The van der Waals surface area contributed by atoms with Crippen LogP contribution in [0.4, 0.5) is 0 Å². The van der Waals surface area contributed by atoms with Gasteiger partial charge in [0.15, 0.2) is 14.3 Å². The third kappa shape index (κ3) is 8.07. The summed E-state index contributed by atoms with van der Waals surface area (Å²) in [7, 11) is -6.43. The lowest BCUT2D eigenvalue weighted by Crippen LogP contribution is -2.34. The highest BCUT2D eigenvalue weighted by Gasteiger charge is 2.38. The van der Waals surface area contributed by atoms with Gasteiger partial charge in [0, 0.05) is 37.7 Å². The number of aromatic nitrogens is 1. The van der Waals surface area contributed by atoms with Crippen molar-refractivity contribution in [3.8, 4) is 44.8 Å². The minimum Gasteiger partial charge on any atom is -0.309 e. The highest BCUT2D eigenvalue weighted by molar-refractivity contribution is 7.85. The Kier molecular flexibility index (Phi) is 11.3. The lowest BCUT2D eigenvalue weighted by atomic mass is 9.94. The summed E-state index contributed by atoms with van der Waals surface area (Å²) in [4.78, 5) is 5.43. The molecule has 0 amide bonds. The maximum Gasteiger partial charge on any atom is 0.171 e. The Labute approximate surface area is 384 Å². The predicted molar refractivity (Wildman–Crippen MR) is 276 cm³/mol. The Morgan fingerprint density at radius 1 is 0.569 bits per heavy atom. The number of aryl methyl sites for hydroxylation is 2. The maximum absolute atomic E-state index is 16.1. The van der Waals surface area contributed by atoms with Crippen LogP contribution in [0.2, 0.25) is 0 Å². The van der Waals surface area contributed by atoms with Gasteiger partial charge in [-0.15, -0.1) is 0 Å². The smallest absolute Gasteiger partial charge is 0.171 e. The predicted octanol–water partition coefficient (Wildman–Crippen LogP) is 14.7. The van der Waals surface area contributed by atoms with Crippen LogP contribution in [0, 0.1) is 13.8 Å². The highest BCUT2D eigenvalue weighted by Crippen LogP contribution is 2.62. The first-order valence-electron chi connectivity index (χ1n) is 22.7. The van der Waals surface area contributed by atoms with Gasteiger partial charge >= 0.3 is 0 Å². The summed E-state index contributed by atoms with van der Waals surface area (Å²) < 4.78 is 31.8. The van der Waals surface area contributed by atoms with E-state index in [-0.39, 0.29) is 0 Å². The second-order valence-corrected chi connectivity index (χ2v) is 23.4. The van der Waals surface area contributed by atoms with E-state index in [1.54, 1.807) is 0 Å². The number of hydrogen-bond donors (Lipinski definition) is 0. The van der Waals surface area contributed by atoms with Crippen LogP contribution < -0.4 is 21.2 Å². The first kappa shape index (κ1) is 42.6. The molecule has 3 heterocycles. The molecule has 0 bridgehead atoms. The number of allylic oxidation sites excluding steroid dienone is 9. The minimum atomic E-state index is -3.27. The Hall–Kier alpha value is -6.37. The Morgan fingerprint density at radius 3 is 1.77 bits per heavy atom. The molecule has 0 N–H and O–H groups in total. The zero-order valence-electron chi connectivity index (χ0n) is 37.8. The molecule has 6 aromatic carbocycles. The topological polar surface area (TPSA) is 47.0 Å². The number of fused-ring (bicyclic) bond motifs is 2. The van der Waals surface area contributed by atoms with E-state index < -0.39 is 14.3 Å². The van der Waals surface area contributed by atoms with Crippen LogP contribution in [0.1, 0.15) is 62.3 Å². The first-order chi connectivity index (χ1) is 31.5. The van der Waals surface area contributed by atoms with E-state index >= 15 is 9.13 Å². The molecule has 10 rings (SSSR count). The summed E-state index contributed by atoms with van der Waals surface area (Å²) in [5, 5.41) is 4.45. The average Bonchev–Trinajstić information content (AvgIpc) is 3.34. The van der Waals surface area contributed by atoms with Crippen molar-refractivity contribution < 1.29 is 9.13 Å². The third-order valence-electron chi connectivity index (χ3n) is 13.4. The molecule has 3 aliphatic rings. The second-order valence-electron chi connectivity index (χ2n) is 18.1. The molecule has 2 aliphatic heterocycles. The van der Waals surface area contributed by atoms with Gasteiger partial charge in [-0.05, 0) is 141 Å². The molecule has 3 nitrogen and oxygen atoms in total. The van der Waals surface area contributed by atoms with Gasteiger partial charge in [-0.3, -0.25) is 0 Å². The first-order valence-corrected chi connectivity index (χ1v) is 26.2. The van der Waals surface area contributed by atoms with Crippen LogP contribution in [-0.4, -0.2) is 4.98 Å². The van der Waals surface area contributed by atoms with E-state index in [1.165, 1.54) is 22.3 Å². The molecule has 1 atom stereocenters. The molecule has 1 aliphatic carbocycles. The van der Waals surface area contributed by atoms with Crippen molar-refractivity contribution >= 4 is 35.5 Å². The van der Waals surface area contributed by atoms with Crippen LogP contribution in [-0.2, 0) is 15.6 Å². The van der Waals surface area contributed by atoms with E-state index in [4.69, 9.17) is 4.98 Å². The SMILES string of the molecule is C/C=C(C)\C=C/C1=CP(=O)(c2cccc(-c3cc(-c4ccc(-c5ccccc5)cc4)cc(-c4cccc(P5(=O)c6cc(C)ccc6Cc6ccc(C)cc65)c4)n3)c2)C2=C(CCC(C)=C2)C1. The number of nitrogens with zero attached hydrogens (tertiary/aromatic N) is 1. The van der Waals surface area contributed by atoms with Crippen LogP contribution in [0.3, 0.4) is 0 Å². The molecule has 1 unspecified atom stereocenters. The maximum atomic E-state index is 16.1. The quantitative estimate of drug-likeness (QED) is 0.113. The normalized spacial score (nSPS) is 17.8. The summed E-state index contributed by atoms with van der Waals surface area (Å²) >= 11 is 0. The fourth-order valence-electron chi connectivity index (χ4n) is 9.70. The summed E-state index contributed by atoms with van der Waals surface area (Å²) in [6.45, 7) is 10.5. The lowest BCUT2D eigenvalue weighted by molar-refractivity contribution is 0.589. The molecular weight excluding hydrogens is 829 g/mol. The van der Waals surface area contributed by atoms with Gasteiger partial charge in [0.05, 0.1) is 11.4 Å². The van der Waals surface area contributed by atoms with Gasteiger partial charge < -0.3 is 9.13 Å². The van der Waals surface area contributed by atoms with E-state index in [9.17, 15) is 0 Å². The number of hydrogen-bond acceptors (Lipinski definition) is 3. The van der Waals surface area contributed by atoms with Crippen molar-refractivity contribution in [3.63, 3.8) is 0 Å². The third-order valence-corrected chi connectivity index (χ3v) is 19.5. The molecule has 0 saturated carbocycles. The fourth-order valence-corrected chi connectivity index (χ4v) is 15.9. The van der Waals surface area contributed by atoms with Crippen molar-refractivity contribution in [1.82, 2.24) is 4.98 Å². The van der Waals surface area contributed by atoms with E-state index in [2.05, 4.69) is 179 Å². The standard InChI is InChI=1S/C60H53NO2P2/c1-6-40(2)18-22-44-33-50-23-19-41(3)30-58(50)64(62,39-44)54-16-10-14-48(35-54)56-37-53(47-28-26-46(27-29-47)45-12-8-7-9-13-45)38-57(61-56)49-15-11-17-55(36-49)65(63)59-31-42(4)20-24-51(59)34-52-25-21-43(5)32-60(52)65/h6-18,20-22,24-32,35-39H,19,23,33-34H2,1-5H3/b22-18-,40-6-. The van der Waals surface area contributed by atoms with Crippen molar-refractivity contribution in [3.05, 3.63) is 232 Å². The monoisotopic (exact) mass is 881 g/mol. The average molecular weight is 882 g/mol. The molecule has 0 saturated heterocycles. The molecule has 65 heavy (non-hydrogen) atoms. The summed E-state index contributed by atoms with van der Waals surface area (Å²) in [5.74, 6) is 2.06. The zero-order chi connectivity index (χ0) is 44.9. The van der Waals surface area contributed by atoms with Crippen molar-refractivity contribution in [1.29, 1.82) is 0 Å². The molecule has 0 spiro atoms. The van der Waals surface area contributed by atoms with E-state index in [1.807, 2.05) is 37.3 Å². The Bertz CT molecular complexity index is 3250. The van der Waals surface area contributed by atoms with Gasteiger partial charge in [0.2, 0.25) is 0 Å². The second kappa shape index (κ2) is 17.2. The van der Waals surface area contributed by atoms with Gasteiger partial charge in [-0.25, -0.2) is 4.98 Å². The fraction of sp³-hybridized carbons (Fsp3) is 0.150. The summed E-state index contributed by atoms with van der Waals surface area (Å²) in [5.41, 5.74) is 17.0. The minimum absolute atomic E-state index is 0.759. The number of rotatable bonds is 8. The number of pyridine rings is 1. The largest absolute Gasteiger partial charge is 0.309 e. The number of benzene rings is 6. The van der Waals surface area contributed by atoms with Crippen molar-refractivity contribution in [2.45, 2.75) is 60.3 Å². The van der Waals surface area contributed by atoms with Crippen molar-refractivity contribution in [2.24, 2.45) is 0 Å². The van der Waals surface area contributed by atoms with Crippen LogP contribution in [0.5, 0.6) is 0 Å². The van der Waals surface area contributed by atoms with Crippen LogP contribution >= 0.6 is 14.3 Å². The highest BCUT2D eigenvalue weighted by atomic mass is 31.2. The molecule has 0 radical (unpaired) electrons. The van der Waals surface area contributed by atoms with E-state index in [0.717, 1.165) is 119 Å². The summed E-state index contributed by atoms with van der Waals surface area (Å²) in [6.07, 6.45) is 12.1. The zero-order valence-corrected chi connectivity index (χ0v) is 39.6. The van der Waals surface area contributed by atoms with Crippen LogP contribution in [0.25, 0.3) is 44.8 Å². The molecule has 7 aromatic rings. The van der Waals surface area contributed by atoms with Gasteiger partial charge in [-0.2, -0.15) is 0 Å². The molecule has 320 valence electrons. The van der Waals surface area contributed by atoms with Crippen molar-refractivity contribution in [2.75, 3.05) is 0 Å². The molecule has 1 aromatic heterocycles. The van der Waals surface area contributed by atoms with Gasteiger partial charge in [-0.1, -0.05) is 167 Å². The molecule has 5 heteroatoms. The van der Waals surface area contributed by atoms with Crippen LogP contribution in [0.15, 0.2) is 209 Å². The Morgan fingerprint density at radius 2 is 1.14 bits per heavy atom. The lowest BCUT2D eigenvalue weighted by Gasteiger charge is -2.30. The van der Waals surface area contributed by atoms with E-state index in [0.29, 0.717) is 0 Å². The van der Waals surface area contributed by atoms with Gasteiger partial charge in [0.25, 0.3) is 0 Å². The molecular formula is C60H53NO2P2. The Balaban J connectivity index is 1.13. The summed E-state index contributed by atoms with van der Waals surface area (Å²) in [6, 6.07) is 52.8. The molecule has 0 fully saturated rings.